The van der Waals surface area contributed by atoms with Crippen LogP contribution in [0.1, 0.15) is 50.9 Å². The van der Waals surface area contributed by atoms with E-state index in [0.29, 0.717) is 12.5 Å². The Balaban J connectivity index is 2.00. The van der Waals surface area contributed by atoms with Crippen LogP contribution >= 0.6 is 0 Å². The number of fused-ring (bicyclic) bond motifs is 1. The molecule has 0 aliphatic carbocycles. The Hall–Kier alpha value is -1.35. The minimum absolute atomic E-state index is 0.107. The van der Waals surface area contributed by atoms with Gasteiger partial charge in [-0.1, -0.05) is 12.1 Å². The molecule has 0 N–H and O–H groups in total. The van der Waals surface area contributed by atoms with Gasteiger partial charge in [-0.3, -0.25) is 4.79 Å². The number of para-hydroxylation sites is 1. The molecule has 1 unspecified atom stereocenters. The summed E-state index contributed by atoms with van der Waals surface area (Å²) in [5.74, 6) is 0.257. The second kappa shape index (κ2) is 4.32. The summed E-state index contributed by atoms with van der Waals surface area (Å²) in [5.41, 5.74) is 1.63. The number of Topliss-reactive ketones (excluding diaryl/α,β-unsaturated/α-hetero) is 1. The van der Waals surface area contributed by atoms with Crippen LogP contribution < -0.4 is 4.90 Å². The number of hydrogen-bond acceptors (Lipinski definition) is 3. The third kappa shape index (κ3) is 2.14. The summed E-state index contributed by atoms with van der Waals surface area (Å²) in [6.45, 7) is 9.41. The fraction of sp³-hybridized carbons (Fsp3) is 0.588. The van der Waals surface area contributed by atoms with E-state index in [2.05, 4.69) is 38.7 Å². The predicted molar refractivity (Wildman–Crippen MR) is 80.4 cm³/mol. The van der Waals surface area contributed by atoms with Crippen LogP contribution in [0.25, 0.3) is 0 Å². The molecule has 20 heavy (non-hydrogen) atoms. The number of ketones is 1. The lowest BCUT2D eigenvalue weighted by molar-refractivity contribution is -0.0679. The first kappa shape index (κ1) is 13.6. The van der Waals surface area contributed by atoms with Crippen LogP contribution in [0.15, 0.2) is 24.3 Å². The molecule has 1 saturated heterocycles. The van der Waals surface area contributed by atoms with Gasteiger partial charge in [-0.05, 0) is 46.2 Å². The van der Waals surface area contributed by atoms with Crippen molar-refractivity contribution in [1.82, 2.24) is 0 Å². The van der Waals surface area contributed by atoms with Gasteiger partial charge in [-0.15, -0.1) is 0 Å². The number of ether oxygens (including phenoxy) is 1. The SMILES string of the molecule is CC1(C)CC(N2CCC(=O)c3ccccc32)C(C)(C)O1. The van der Waals surface area contributed by atoms with Gasteiger partial charge in [0.1, 0.15) is 0 Å². The summed E-state index contributed by atoms with van der Waals surface area (Å²) in [5, 5.41) is 0. The Bertz CT molecular complexity index is 548. The summed E-state index contributed by atoms with van der Waals surface area (Å²) in [6.07, 6.45) is 1.59. The highest BCUT2D eigenvalue weighted by molar-refractivity contribution is 6.03. The highest BCUT2D eigenvalue weighted by Gasteiger charge is 2.49. The van der Waals surface area contributed by atoms with Gasteiger partial charge in [0.05, 0.1) is 17.2 Å². The Kier molecular flexibility index (Phi) is 2.94. The summed E-state index contributed by atoms with van der Waals surface area (Å²) in [6, 6.07) is 8.27. The Labute approximate surface area is 120 Å². The van der Waals surface area contributed by atoms with Gasteiger partial charge in [-0.2, -0.15) is 0 Å². The van der Waals surface area contributed by atoms with Crippen molar-refractivity contribution in [2.45, 2.75) is 57.8 Å². The highest BCUT2D eigenvalue weighted by atomic mass is 16.5. The van der Waals surface area contributed by atoms with Crippen LogP contribution in [0.4, 0.5) is 5.69 Å². The predicted octanol–water partition coefficient (Wildman–Crippen LogP) is 3.43. The lowest BCUT2D eigenvalue weighted by atomic mass is 9.89. The largest absolute Gasteiger partial charge is 0.367 e. The highest BCUT2D eigenvalue weighted by Crippen LogP contribution is 2.43. The first-order valence-electron chi connectivity index (χ1n) is 7.39. The third-order valence-corrected chi connectivity index (χ3v) is 4.50. The third-order valence-electron chi connectivity index (χ3n) is 4.50. The molecule has 1 atom stereocenters. The summed E-state index contributed by atoms with van der Waals surface area (Å²) < 4.78 is 6.22. The maximum Gasteiger partial charge on any atom is 0.166 e. The second-order valence-corrected chi connectivity index (χ2v) is 7.07. The zero-order valence-corrected chi connectivity index (χ0v) is 12.8. The van der Waals surface area contributed by atoms with Crippen molar-refractivity contribution < 1.29 is 9.53 Å². The Morgan fingerprint density at radius 3 is 2.55 bits per heavy atom. The van der Waals surface area contributed by atoms with E-state index in [1.807, 2.05) is 18.2 Å². The van der Waals surface area contributed by atoms with Crippen LogP contribution in [-0.4, -0.2) is 29.6 Å². The van der Waals surface area contributed by atoms with Crippen LogP contribution in [-0.2, 0) is 4.74 Å². The zero-order chi connectivity index (χ0) is 14.5. The number of rotatable bonds is 1. The van der Waals surface area contributed by atoms with Gasteiger partial charge in [0.2, 0.25) is 0 Å². The molecule has 2 aliphatic rings. The van der Waals surface area contributed by atoms with Crippen molar-refractivity contribution in [3.05, 3.63) is 29.8 Å². The standard InChI is InChI=1S/C17H23NO2/c1-16(2)11-15(17(3,4)20-16)18-10-9-14(19)12-7-5-6-8-13(12)18/h5-8,15H,9-11H2,1-4H3. The van der Waals surface area contributed by atoms with E-state index in [9.17, 15) is 4.79 Å². The van der Waals surface area contributed by atoms with Crippen molar-refractivity contribution in [2.75, 3.05) is 11.4 Å². The molecule has 3 heteroatoms. The maximum atomic E-state index is 12.1. The molecular formula is C17H23NO2. The molecule has 0 aromatic heterocycles. The summed E-state index contributed by atoms with van der Waals surface area (Å²) in [7, 11) is 0. The van der Waals surface area contributed by atoms with Gasteiger partial charge >= 0.3 is 0 Å². The minimum atomic E-state index is -0.197. The van der Waals surface area contributed by atoms with E-state index in [-0.39, 0.29) is 17.0 Å². The van der Waals surface area contributed by atoms with Crippen LogP contribution in [0.2, 0.25) is 0 Å². The Morgan fingerprint density at radius 2 is 1.90 bits per heavy atom. The normalized spacial score (nSPS) is 27.5. The summed E-state index contributed by atoms with van der Waals surface area (Å²) in [4.78, 5) is 14.5. The first-order chi connectivity index (χ1) is 9.30. The zero-order valence-electron chi connectivity index (χ0n) is 12.8. The molecule has 2 aliphatic heterocycles. The van der Waals surface area contributed by atoms with Gasteiger partial charge in [0.25, 0.3) is 0 Å². The van der Waals surface area contributed by atoms with E-state index in [1.165, 1.54) is 0 Å². The average Bonchev–Trinajstić information content (AvgIpc) is 2.58. The van der Waals surface area contributed by atoms with E-state index in [0.717, 1.165) is 24.2 Å². The molecule has 108 valence electrons. The number of hydrogen-bond donors (Lipinski definition) is 0. The molecule has 1 aromatic rings. The topological polar surface area (TPSA) is 29.5 Å². The molecule has 1 aromatic carbocycles. The fourth-order valence-electron chi connectivity index (χ4n) is 3.78. The van der Waals surface area contributed by atoms with Crippen molar-refractivity contribution in [3.8, 4) is 0 Å². The molecule has 2 heterocycles. The molecule has 0 bridgehead atoms. The van der Waals surface area contributed by atoms with Crippen LogP contribution in [0, 0.1) is 0 Å². The lowest BCUT2D eigenvalue weighted by Gasteiger charge is -2.40. The van der Waals surface area contributed by atoms with Crippen LogP contribution in [0.3, 0.4) is 0 Å². The van der Waals surface area contributed by atoms with Gasteiger partial charge in [-0.25, -0.2) is 0 Å². The van der Waals surface area contributed by atoms with E-state index < -0.39 is 0 Å². The average molecular weight is 273 g/mol. The molecule has 1 fully saturated rings. The molecule has 0 amide bonds. The smallest absolute Gasteiger partial charge is 0.166 e. The fourth-order valence-corrected chi connectivity index (χ4v) is 3.78. The second-order valence-electron chi connectivity index (χ2n) is 7.07. The number of anilines is 1. The first-order valence-corrected chi connectivity index (χ1v) is 7.39. The van der Waals surface area contributed by atoms with Gasteiger partial charge in [0, 0.05) is 24.2 Å². The molecule has 3 rings (SSSR count). The molecule has 3 nitrogen and oxygen atoms in total. The van der Waals surface area contributed by atoms with E-state index >= 15 is 0 Å². The van der Waals surface area contributed by atoms with Crippen molar-refractivity contribution >= 4 is 11.5 Å². The van der Waals surface area contributed by atoms with Crippen LogP contribution in [0.5, 0.6) is 0 Å². The quantitative estimate of drug-likeness (QED) is 0.785. The molecular weight excluding hydrogens is 250 g/mol. The molecule has 0 radical (unpaired) electrons. The maximum absolute atomic E-state index is 12.1. The number of nitrogens with zero attached hydrogens (tertiary/aromatic N) is 1. The van der Waals surface area contributed by atoms with Gasteiger partial charge in [0.15, 0.2) is 5.78 Å². The van der Waals surface area contributed by atoms with Gasteiger partial charge < -0.3 is 9.64 Å². The lowest BCUT2D eigenvalue weighted by Crippen LogP contribution is -2.49. The number of carbonyl (C=O) groups excluding carboxylic acids is 1. The summed E-state index contributed by atoms with van der Waals surface area (Å²) >= 11 is 0. The minimum Gasteiger partial charge on any atom is -0.367 e. The van der Waals surface area contributed by atoms with Crippen molar-refractivity contribution in [2.24, 2.45) is 0 Å². The number of benzene rings is 1. The van der Waals surface area contributed by atoms with Crippen molar-refractivity contribution in [1.29, 1.82) is 0 Å². The molecule has 0 saturated carbocycles. The Morgan fingerprint density at radius 1 is 1.20 bits per heavy atom. The molecule has 0 spiro atoms. The number of carbonyl (C=O) groups is 1. The van der Waals surface area contributed by atoms with E-state index in [1.54, 1.807) is 0 Å². The van der Waals surface area contributed by atoms with E-state index in [4.69, 9.17) is 4.74 Å². The monoisotopic (exact) mass is 273 g/mol. The van der Waals surface area contributed by atoms with Crippen molar-refractivity contribution in [3.63, 3.8) is 0 Å².